The maximum atomic E-state index is 13.7. The van der Waals surface area contributed by atoms with Crippen molar-refractivity contribution in [3.63, 3.8) is 0 Å². The van der Waals surface area contributed by atoms with Gasteiger partial charge in [0.1, 0.15) is 17.6 Å². The largest absolute Gasteiger partial charge is 0.467 e. The molecule has 0 saturated carbocycles. The Balaban J connectivity index is 1.92. The van der Waals surface area contributed by atoms with Crippen molar-refractivity contribution in [2.75, 3.05) is 11.5 Å². The van der Waals surface area contributed by atoms with Crippen molar-refractivity contribution in [3.05, 3.63) is 53.7 Å². The minimum Gasteiger partial charge on any atom is -0.467 e. The normalized spacial score (nSPS) is 26.6. The van der Waals surface area contributed by atoms with Gasteiger partial charge >= 0.3 is 0 Å². The molecule has 1 aromatic carbocycles. The number of hydrogen-bond acceptors (Lipinski definition) is 3. The van der Waals surface area contributed by atoms with E-state index in [1.54, 1.807) is 17.2 Å². The quantitative estimate of drug-likeness (QED) is 0.808. The highest BCUT2D eigenvalue weighted by molar-refractivity contribution is 5.94. The zero-order chi connectivity index (χ0) is 15.3. The maximum absolute atomic E-state index is 13.7. The molecule has 0 spiro atoms. The molecule has 0 radical (unpaired) electrons. The lowest BCUT2D eigenvalue weighted by Crippen LogP contribution is -2.42. The topological polar surface area (TPSA) is 42.7 Å². The van der Waals surface area contributed by atoms with Gasteiger partial charge in [-0.25, -0.2) is 4.39 Å². The first kappa shape index (κ1) is 13.5. The van der Waals surface area contributed by atoms with E-state index in [0.29, 0.717) is 12.3 Å². The van der Waals surface area contributed by atoms with Gasteiger partial charge in [0.05, 0.1) is 18.1 Å². The lowest BCUT2D eigenvalue weighted by molar-refractivity contribution is -0.117. The van der Waals surface area contributed by atoms with Crippen LogP contribution in [0.3, 0.4) is 0 Å². The Morgan fingerprint density at radius 2 is 2.23 bits per heavy atom. The number of ether oxygens (including phenoxy) is 1. The Kier molecular flexibility index (Phi) is 3.04. The van der Waals surface area contributed by atoms with Crippen LogP contribution in [0.5, 0.6) is 0 Å². The van der Waals surface area contributed by atoms with Gasteiger partial charge in [0.2, 0.25) is 5.91 Å². The molecule has 0 aliphatic carbocycles. The fourth-order valence-electron chi connectivity index (χ4n) is 3.73. The average Bonchev–Trinajstić information content (AvgIpc) is 3.17. The molecule has 1 saturated heterocycles. The molecule has 1 fully saturated rings. The van der Waals surface area contributed by atoms with Crippen LogP contribution in [0.4, 0.5) is 10.1 Å². The van der Waals surface area contributed by atoms with Crippen LogP contribution in [0.15, 0.2) is 41.0 Å². The molecular weight excluding hydrogens is 285 g/mol. The van der Waals surface area contributed by atoms with Gasteiger partial charge in [-0.15, -0.1) is 0 Å². The van der Waals surface area contributed by atoms with E-state index in [9.17, 15) is 9.18 Å². The summed E-state index contributed by atoms with van der Waals surface area (Å²) in [4.78, 5) is 14.0. The third kappa shape index (κ3) is 1.89. The van der Waals surface area contributed by atoms with Gasteiger partial charge in [-0.3, -0.25) is 4.79 Å². The number of carbonyl (C=O) groups is 1. The number of fused-ring (bicyclic) bond motifs is 3. The molecular formula is C17H16FNO3. The van der Waals surface area contributed by atoms with Gasteiger partial charge < -0.3 is 14.1 Å². The van der Waals surface area contributed by atoms with E-state index in [-0.39, 0.29) is 29.8 Å². The van der Waals surface area contributed by atoms with Crippen LogP contribution < -0.4 is 4.90 Å². The monoisotopic (exact) mass is 301 g/mol. The molecule has 1 aromatic heterocycles. The van der Waals surface area contributed by atoms with Crippen LogP contribution in [-0.4, -0.2) is 12.5 Å². The van der Waals surface area contributed by atoms with E-state index in [1.807, 2.05) is 12.1 Å². The van der Waals surface area contributed by atoms with Crippen LogP contribution in [0.1, 0.15) is 36.8 Å². The first-order valence-electron chi connectivity index (χ1n) is 7.41. The van der Waals surface area contributed by atoms with Gasteiger partial charge in [0.15, 0.2) is 0 Å². The summed E-state index contributed by atoms with van der Waals surface area (Å²) in [5.41, 5.74) is 1.46. The Bertz CT molecular complexity index is 713. The van der Waals surface area contributed by atoms with Crippen LogP contribution in [0.2, 0.25) is 0 Å². The molecule has 2 aliphatic heterocycles. The first-order valence-corrected chi connectivity index (χ1v) is 7.41. The number of anilines is 1. The van der Waals surface area contributed by atoms with E-state index in [4.69, 9.17) is 9.15 Å². The summed E-state index contributed by atoms with van der Waals surface area (Å²) in [6.45, 7) is 2.13. The number of carbonyl (C=O) groups excluding carboxylic acids is 1. The molecule has 4 nitrogen and oxygen atoms in total. The second-order valence-corrected chi connectivity index (χ2v) is 5.80. The molecule has 0 N–H and O–H groups in total. The number of nitrogens with zero attached hydrogens (tertiary/aromatic N) is 1. The molecule has 0 bridgehead atoms. The van der Waals surface area contributed by atoms with Crippen molar-refractivity contribution >= 4 is 11.6 Å². The highest BCUT2D eigenvalue weighted by atomic mass is 19.1. The molecule has 4 rings (SSSR count). The van der Waals surface area contributed by atoms with Gasteiger partial charge in [-0.05, 0) is 36.8 Å². The van der Waals surface area contributed by atoms with E-state index in [1.165, 1.54) is 19.1 Å². The fourth-order valence-corrected chi connectivity index (χ4v) is 3.73. The zero-order valence-corrected chi connectivity index (χ0v) is 12.2. The van der Waals surface area contributed by atoms with E-state index in [0.717, 1.165) is 17.7 Å². The van der Waals surface area contributed by atoms with Crippen LogP contribution in [0.25, 0.3) is 0 Å². The Labute approximate surface area is 127 Å². The minimum absolute atomic E-state index is 0.0735. The standard InChI is InChI=1S/C17H16FNO3/c1-10(20)19-14-5-4-11(18)9-13(14)17-12(6-8-22-17)16(19)15-3-2-7-21-15/h2-5,7,9,12,16-17H,6,8H2,1H3/t12-,16+,17+/m0/s1. The highest BCUT2D eigenvalue weighted by Gasteiger charge is 2.47. The number of hydrogen-bond donors (Lipinski definition) is 0. The predicted molar refractivity (Wildman–Crippen MR) is 77.8 cm³/mol. The van der Waals surface area contributed by atoms with Gasteiger partial charge in [0.25, 0.3) is 0 Å². The summed E-state index contributed by atoms with van der Waals surface area (Å²) in [7, 11) is 0. The number of rotatable bonds is 1. The lowest BCUT2D eigenvalue weighted by atomic mass is 9.81. The number of amides is 1. The Morgan fingerprint density at radius 3 is 2.95 bits per heavy atom. The lowest BCUT2D eigenvalue weighted by Gasteiger charge is -2.42. The van der Waals surface area contributed by atoms with Gasteiger partial charge in [-0.1, -0.05) is 0 Å². The van der Waals surface area contributed by atoms with Crippen LogP contribution in [-0.2, 0) is 9.53 Å². The van der Waals surface area contributed by atoms with Crippen molar-refractivity contribution in [2.45, 2.75) is 25.5 Å². The smallest absolute Gasteiger partial charge is 0.224 e. The average molecular weight is 301 g/mol. The molecule has 2 aliphatic rings. The fraction of sp³-hybridized carbons (Fsp3) is 0.353. The summed E-state index contributed by atoms with van der Waals surface area (Å²) in [6.07, 6.45) is 2.23. The minimum atomic E-state index is -0.312. The molecule has 2 aromatic rings. The maximum Gasteiger partial charge on any atom is 0.224 e. The van der Waals surface area contributed by atoms with Crippen molar-refractivity contribution in [1.82, 2.24) is 0 Å². The third-order valence-corrected chi connectivity index (χ3v) is 4.55. The molecule has 5 heteroatoms. The summed E-state index contributed by atoms with van der Waals surface area (Å²) in [5.74, 6) is 0.419. The van der Waals surface area contributed by atoms with Gasteiger partial charge in [0, 0.05) is 25.0 Å². The van der Waals surface area contributed by atoms with Crippen molar-refractivity contribution < 1.29 is 18.3 Å². The summed E-state index contributed by atoms with van der Waals surface area (Å²) in [6, 6.07) is 8.00. The van der Waals surface area contributed by atoms with Crippen molar-refractivity contribution in [2.24, 2.45) is 5.92 Å². The van der Waals surface area contributed by atoms with E-state index >= 15 is 0 Å². The number of furan rings is 1. The Morgan fingerprint density at radius 1 is 1.36 bits per heavy atom. The first-order chi connectivity index (χ1) is 10.7. The SMILES string of the molecule is CC(=O)N1c2ccc(F)cc2[C@@H]2OCC[C@H]2[C@@H]1c1ccco1. The molecule has 0 unspecified atom stereocenters. The predicted octanol–water partition coefficient (Wildman–Crippen LogP) is 3.60. The number of halogens is 1. The Hall–Kier alpha value is -2.14. The van der Waals surface area contributed by atoms with Crippen molar-refractivity contribution in [3.8, 4) is 0 Å². The molecule has 3 heterocycles. The van der Waals surface area contributed by atoms with Gasteiger partial charge in [-0.2, -0.15) is 0 Å². The van der Waals surface area contributed by atoms with Crippen LogP contribution in [0, 0.1) is 11.7 Å². The molecule has 1 amide bonds. The van der Waals surface area contributed by atoms with E-state index in [2.05, 4.69) is 0 Å². The molecule has 114 valence electrons. The van der Waals surface area contributed by atoms with Crippen molar-refractivity contribution in [1.29, 1.82) is 0 Å². The second kappa shape index (κ2) is 4.95. The number of benzene rings is 1. The zero-order valence-electron chi connectivity index (χ0n) is 12.2. The summed E-state index contributed by atoms with van der Waals surface area (Å²) >= 11 is 0. The second-order valence-electron chi connectivity index (χ2n) is 5.80. The highest BCUT2D eigenvalue weighted by Crippen LogP contribution is 2.53. The van der Waals surface area contributed by atoms with Crippen LogP contribution >= 0.6 is 0 Å². The molecule has 22 heavy (non-hydrogen) atoms. The summed E-state index contributed by atoms with van der Waals surface area (Å²) in [5, 5.41) is 0. The third-order valence-electron chi connectivity index (χ3n) is 4.55. The molecule has 3 atom stereocenters. The van der Waals surface area contributed by atoms with E-state index < -0.39 is 0 Å². The summed E-state index contributed by atoms with van der Waals surface area (Å²) < 4.78 is 25.1.